The van der Waals surface area contributed by atoms with Crippen molar-refractivity contribution in [3.8, 4) is 0 Å². The summed E-state index contributed by atoms with van der Waals surface area (Å²) in [4.78, 5) is 47.4. The van der Waals surface area contributed by atoms with Crippen LogP contribution in [0.1, 0.15) is 174 Å². The third kappa shape index (κ3) is 33.9. The van der Waals surface area contributed by atoms with E-state index in [1.165, 1.54) is 64.2 Å². The Labute approximate surface area is 316 Å². The Bertz CT molecular complexity index is 1020. The molecule has 9 nitrogen and oxygen atoms in total. The summed E-state index contributed by atoms with van der Waals surface area (Å²) in [6, 6.07) is -1.39. The van der Waals surface area contributed by atoms with Crippen molar-refractivity contribution in [3.63, 3.8) is 0 Å². The first-order chi connectivity index (χ1) is 25.3. The van der Waals surface area contributed by atoms with Crippen LogP contribution in [0.2, 0.25) is 0 Å². The van der Waals surface area contributed by atoms with Crippen LogP contribution in [-0.4, -0.2) is 59.3 Å². The molecule has 2 amide bonds. The van der Waals surface area contributed by atoms with E-state index in [1.54, 1.807) is 0 Å². The van der Waals surface area contributed by atoms with Gasteiger partial charge in [-0.1, -0.05) is 127 Å². The monoisotopic (exact) mass is 731 g/mol. The van der Waals surface area contributed by atoms with Crippen LogP contribution in [0, 0.1) is 0 Å². The molecule has 2 unspecified atom stereocenters. The van der Waals surface area contributed by atoms with Gasteiger partial charge in [-0.05, 0) is 83.1 Å². The molecule has 0 aromatic heterocycles. The molecule has 0 aromatic carbocycles. The first-order valence-electron chi connectivity index (χ1n) is 20.5. The summed E-state index contributed by atoms with van der Waals surface area (Å²) in [6.45, 7) is 3.41. The molecule has 0 aliphatic heterocycles. The van der Waals surface area contributed by atoms with Crippen molar-refractivity contribution in [1.29, 1.82) is 0 Å². The van der Waals surface area contributed by atoms with Crippen LogP contribution < -0.4 is 10.6 Å². The van der Waals surface area contributed by atoms with E-state index in [0.29, 0.717) is 12.8 Å². The number of amides is 2. The molecule has 0 bridgehead atoms. The average Bonchev–Trinajstić information content (AvgIpc) is 3.13. The van der Waals surface area contributed by atoms with E-state index in [1.807, 2.05) is 6.08 Å². The highest BCUT2D eigenvalue weighted by Gasteiger charge is 2.18. The molecular weight excluding hydrogens is 656 g/mol. The number of aliphatic hydroxyl groups is 1. The Morgan fingerprint density at radius 3 is 1.73 bits per heavy atom. The SMILES string of the molecule is CCCCC/C=C\C/C=C\C/C=C\C(CCCCCCCC(=O)NCC(=O)NC(CO)C(=O)O)OC(=O)CCCCCCC/C=C\CCCCCC. The molecule has 0 aliphatic rings. The molecule has 0 saturated carbocycles. The second-order valence-electron chi connectivity index (χ2n) is 13.7. The van der Waals surface area contributed by atoms with Gasteiger partial charge in [-0.3, -0.25) is 14.4 Å². The highest BCUT2D eigenvalue weighted by atomic mass is 16.5. The summed E-state index contributed by atoms with van der Waals surface area (Å²) in [7, 11) is 0. The number of hydrogen-bond acceptors (Lipinski definition) is 6. The Hall–Kier alpha value is -3.20. The Morgan fingerprint density at radius 1 is 0.596 bits per heavy atom. The number of allylic oxidation sites excluding steroid dienone is 7. The number of carbonyl (C=O) groups is 4. The minimum atomic E-state index is -1.39. The van der Waals surface area contributed by atoms with Gasteiger partial charge in [-0.15, -0.1) is 0 Å². The third-order valence-corrected chi connectivity index (χ3v) is 8.78. The van der Waals surface area contributed by atoms with E-state index in [0.717, 1.165) is 77.0 Å². The maximum Gasteiger partial charge on any atom is 0.328 e. The molecule has 0 saturated heterocycles. The van der Waals surface area contributed by atoms with Gasteiger partial charge in [-0.25, -0.2) is 4.79 Å². The van der Waals surface area contributed by atoms with Crippen molar-refractivity contribution in [1.82, 2.24) is 10.6 Å². The fourth-order valence-electron chi connectivity index (χ4n) is 5.57. The van der Waals surface area contributed by atoms with Crippen molar-refractivity contribution in [3.05, 3.63) is 48.6 Å². The third-order valence-electron chi connectivity index (χ3n) is 8.78. The second-order valence-corrected chi connectivity index (χ2v) is 13.7. The standard InChI is InChI=1S/C43H74N2O7/c1-3-5-7-9-11-13-15-16-18-20-22-27-31-35-42(49)52-38(32-28-24-21-19-17-14-12-10-8-6-4-2)33-29-25-23-26-30-34-40(47)44-36-41(48)45-39(37-46)43(50)51/h12-15,19,21,28,32,38-39,46H,3-11,16-18,20,22-27,29-31,33-37H2,1-2H3,(H,44,47)(H,45,48)(H,50,51)/b14-12-,15-13-,21-19-,32-28-. The zero-order valence-electron chi connectivity index (χ0n) is 32.8. The number of carboxylic acids is 1. The van der Waals surface area contributed by atoms with Gasteiger partial charge in [0.2, 0.25) is 11.8 Å². The number of rotatable bonds is 36. The number of aliphatic hydroxyl groups excluding tert-OH is 1. The van der Waals surface area contributed by atoms with Gasteiger partial charge in [-0.2, -0.15) is 0 Å². The van der Waals surface area contributed by atoms with Gasteiger partial charge >= 0.3 is 11.9 Å². The summed E-state index contributed by atoms with van der Waals surface area (Å²) < 4.78 is 5.90. The average molecular weight is 731 g/mol. The lowest BCUT2D eigenvalue weighted by Crippen LogP contribution is -2.47. The molecule has 298 valence electrons. The summed E-state index contributed by atoms with van der Waals surface area (Å²) in [5.74, 6) is -2.41. The molecule has 0 aliphatic carbocycles. The van der Waals surface area contributed by atoms with Gasteiger partial charge in [0.15, 0.2) is 0 Å². The smallest absolute Gasteiger partial charge is 0.328 e. The predicted octanol–water partition coefficient (Wildman–Crippen LogP) is 9.59. The first kappa shape index (κ1) is 48.8. The number of esters is 1. The van der Waals surface area contributed by atoms with Gasteiger partial charge in [0.25, 0.3) is 0 Å². The summed E-state index contributed by atoms with van der Waals surface area (Å²) in [5, 5.41) is 22.5. The normalized spacial score (nSPS) is 13.0. The Balaban J connectivity index is 4.44. The fraction of sp³-hybridized carbons (Fsp3) is 0.721. The van der Waals surface area contributed by atoms with Crippen LogP contribution in [0.25, 0.3) is 0 Å². The van der Waals surface area contributed by atoms with E-state index in [2.05, 4.69) is 67.0 Å². The molecule has 0 fully saturated rings. The number of unbranched alkanes of at least 4 members (excludes halogenated alkanes) is 16. The first-order valence-corrected chi connectivity index (χ1v) is 20.5. The summed E-state index contributed by atoms with van der Waals surface area (Å²) >= 11 is 0. The number of carboxylic acid groups (broad SMARTS) is 1. The lowest BCUT2D eigenvalue weighted by Gasteiger charge is -2.15. The number of nitrogens with one attached hydrogen (secondary N) is 2. The highest BCUT2D eigenvalue weighted by Crippen LogP contribution is 2.15. The van der Waals surface area contributed by atoms with Crippen molar-refractivity contribution >= 4 is 23.8 Å². The zero-order chi connectivity index (χ0) is 38.3. The molecule has 0 spiro atoms. The Morgan fingerprint density at radius 2 is 1.10 bits per heavy atom. The molecule has 0 aromatic rings. The topological polar surface area (TPSA) is 142 Å². The molecule has 0 rings (SSSR count). The predicted molar refractivity (Wildman–Crippen MR) is 213 cm³/mol. The minimum absolute atomic E-state index is 0.126. The second kappa shape index (κ2) is 37.6. The van der Waals surface area contributed by atoms with Crippen LogP contribution in [-0.2, 0) is 23.9 Å². The minimum Gasteiger partial charge on any atom is -0.480 e. The molecule has 2 atom stereocenters. The van der Waals surface area contributed by atoms with Crippen LogP contribution in [0.3, 0.4) is 0 Å². The summed E-state index contributed by atoms with van der Waals surface area (Å²) in [6.07, 6.45) is 42.9. The molecule has 0 radical (unpaired) electrons. The van der Waals surface area contributed by atoms with E-state index in [-0.39, 0.29) is 30.9 Å². The molecule has 9 heteroatoms. The van der Waals surface area contributed by atoms with Gasteiger partial charge < -0.3 is 25.6 Å². The van der Waals surface area contributed by atoms with Crippen molar-refractivity contribution in [2.24, 2.45) is 0 Å². The van der Waals surface area contributed by atoms with E-state index in [9.17, 15) is 19.2 Å². The molecule has 0 heterocycles. The van der Waals surface area contributed by atoms with Crippen LogP contribution >= 0.6 is 0 Å². The van der Waals surface area contributed by atoms with Crippen LogP contribution in [0.15, 0.2) is 48.6 Å². The Kier molecular flexibility index (Phi) is 35.2. The summed E-state index contributed by atoms with van der Waals surface area (Å²) in [5.41, 5.74) is 0. The largest absolute Gasteiger partial charge is 0.480 e. The lowest BCUT2D eigenvalue weighted by molar-refractivity contribution is -0.147. The molecule has 4 N–H and O–H groups in total. The van der Waals surface area contributed by atoms with E-state index >= 15 is 0 Å². The number of aliphatic carboxylic acids is 1. The fourth-order valence-corrected chi connectivity index (χ4v) is 5.57. The van der Waals surface area contributed by atoms with Crippen molar-refractivity contribution < 1.29 is 34.1 Å². The number of carbonyl (C=O) groups excluding carboxylic acids is 3. The number of hydrogen-bond donors (Lipinski definition) is 4. The molecular formula is C43H74N2O7. The van der Waals surface area contributed by atoms with Crippen LogP contribution in [0.4, 0.5) is 0 Å². The van der Waals surface area contributed by atoms with Gasteiger partial charge in [0, 0.05) is 12.8 Å². The maximum atomic E-state index is 12.7. The van der Waals surface area contributed by atoms with Gasteiger partial charge in [0.1, 0.15) is 12.1 Å². The van der Waals surface area contributed by atoms with E-state index in [4.69, 9.17) is 14.9 Å². The van der Waals surface area contributed by atoms with E-state index < -0.39 is 24.5 Å². The van der Waals surface area contributed by atoms with Gasteiger partial charge in [0.05, 0.1) is 13.2 Å². The quantitative estimate of drug-likeness (QED) is 0.0286. The lowest BCUT2D eigenvalue weighted by atomic mass is 10.1. The highest BCUT2D eigenvalue weighted by molar-refractivity contribution is 5.87. The number of ether oxygens (including phenoxy) is 1. The van der Waals surface area contributed by atoms with Crippen molar-refractivity contribution in [2.45, 2.75) is 187 Å². The van der Waals surface area contributed by atoms with Crippen molar-refractivity contribution in [2.75, 3.05) is 13.2 Å². The molecule has 52 heavy (non-hydrogen) atoms. The van der Waals surface area contributed by atoms with Crippen LogP contribution in [0.5, 0.6) is 0 Å². The zero-order valence-corrected chi connectivity index (χ0v) is 32.8. The maximum absolute atomic E-state index is 12.7.